The fourth-order valence-electron chi connectivity index (χ4n) is 1.64. The molecule has 0 fully saturated rings. The van der Waals surface area contributed by atoms with Crippen LogP contribution in [-0.4, -0.2) is 29.8 Å². The van der Waals surface area contributed by atoms with E-state index in [1.807, 2.05) is 0 Å². The molecule has 0 aliphatic heterocycles. The Morgan fingerprint density at radius 3 is 1.93 bits per heavy atom. The maximum absolute atomic E-state index is 4.31. The lowest BCUT2D eigenvalue weighted by atomic mass is 10.1. The zero-order valence-corrected chi connectivity index (χ0v) is 11.0. The molecular weight excluding hydrogens is 190 g/mol. The van der Waals surface area contributed by atoms with Crippen molar-refractivity contribution >= 4 is 12.6 Å². The van der Waals surface area contributed by atoms with Crippen LogP contribution < -0.4 is 0 Å². The summed E-state index contributed by atoms with van der Waals surface area (Å²) in [6, 6.07) is 0.714. The summed E-state index contributed by atoms with van der Waals surface area (Å²) in [5.41, 5.74) is 0. The van der Waals surface area contributed by atoms with Crippen LogP contribution in [0.4, 0.5) is 0 Å². The van der Waals surface area contributed by atoms with Gasteiger partial charge in [0.1, 0.15) is 0 Å². The van der Waals surface area contributed by atoms with Crippen molar-refractivity contribution in [1.29, 1.82) is 0 Å². The van der Waals surface area contributed by atoms with Crippen LogP contribution >= 0.6 is 12.6 Å². The fraction of sp³-hybridized carbons (Fsp3) is 1.00. The van der Waals surface area contributed by atoms with E-state index < -0.39 is 0 Å². The van der Waals surface area contributed by atoms with Crippen molar-refractivity contribution in [1.82, 2.24) is 4.90 Å². The molecule has 0 amide bonds. The van der Waals surface area contributed by atoms with Gasteiger partial charge in [0.15, 0.2) is 0 Å². The molecule has 0 aliphatic carbocycles. The third-order valence-electron chi connectivity index (χ3n) is 2.77. The summed E-state index contributed by atoms with van der Waals surface area (Å²) >= 11 is 4.31. The van der Waals surface area contributed by atoms with Gasteiger partial charge in [-0.1, -0.05) is 26.7 Å². The predicted molar refractivity (Wildman–Crippen MR) is 69.3 cm³/mol. The highest BCUT2D eigenvalue weighted by atomic mass is 32.1. The van der Waals surface area contributed by atoms with Crippen LogP contribution in [0.15, 0.2) is 0 Å². The number of hydrogen-bond acceptors (Lipinski definition) is 2. The summed E-state index contributed by atoms with van der Waals surface area (Å²) in [7, 11) is 0. The molecule has 14 heavy (non-hydrogen) atoms. The molecule has 0 aliphatic rings. The molecule has 0 radical (unpaired) electrons. The smallest absolute Gasteiger partial charge is 0.00746 e. The van der Waals surface area contributed by atoms with Crippen molar-refractivity contribution in [2.24, 2.45) is 0 Å². The third kappa shape index (κ3) is 6.72. The van der Waals surface area contributed by atoms with Crippen LogP contribution in [0.3, 0.4) is 0 Å². The van der Waals surface area contributed by atoms with Crippen molar-refractivity contribution in [3.05, 3.63) is 0 Å². The molecule has 0 spiro atoms. The van der Waals surface area contributed by atoms with Crippen LogP contribution in [0.2, 0.25) is 0 Å². The van der Waals surface area contributed by atoms with Crippen LogP contribution in [0, 0.1) is 0 Å². The molecule has 0 saturated carbocycles. The Labute approximate surface area is 95.7 Å². The second kappa shape index (κ2) is 9.85. The average molecular weight is 217 g/mol. The van der Waals surface area contributed by atoms with Gasteiger partial charge in [-0.3, -0.25) is 0 Å². The number of rotatable bonds is 9. The molecule has 0 bridgehead atoms. The second-order valence-electron chi connectivity index (χ2n) is 4.10. The van der Waals surface area contributed by atoms with E-state index >= 15 is 0 Å². The van der Waals surface area contributed by atoms with Crippen molar-refractivity contribution in [2.45, 2.75) is 58.9 Å². The summed E-state index contributed by atoms with van der Waals surface area (Å²) in [5.74, 6) is 1.01. The van der Waals surface area contributed by atoms with Gasteiger partial charge in [0, 0.05) is 6.04 Å². The lowest BCUT2D eigenvalue weighted by molar-refractivity contribution is 0.199. The SMILES string of the molecule is CCCCN(CCCC)C(C)CCS. The van der Waals surface area contributed by atoms with Crippen molar-refractivity contribution in [2.75, 3.05) is 18.8 Å². The van der Waals surface area contributed by atoms with Gasteiger partial charge < -0.3 is 4.90 Å². The predicted octanol–water partition coefficient (Wildman–Crippen LogP) is 3.60. The van der Waals surface area contributed by atoms with Gasteiger partial charge in [-0.15, -0.1) is 0 Å². The molecule has 1 nitrogen and oxygen atoms in total. The van der Waals surface area contributed by atoms with Crippen molar-refractivity contribution < 1.29 is 0 Å². The lowest BCUT2D eigenvalue weighted by Gasteiger charge is -2.28. The summed E-state index contributed by atoms with van der Waals surface area (Å²) in [4.78, 5) is 2.63. The molecule has 0 N–H and O–H groups in total. The molecule has 2 heteroatoms. The highest BCUT2D eigenvalue weighted by molar-refractivity contribution is 7.80. The van der Waals surface area contributed by atoms with E-state index in [0.717, 1.165) is 5.75 Å². The van der Waals surface area contributed by atoms with Crippen LogP contribution in [0.25, 0.3) is 0 Å². The van der Waals surface area contributed by atoms with Crippen LogP contribution in [0.5, 0.6) is 0 Å². The Balaban J connectivity index is 3.81. The van der Waals surface area contributed by atoms with Crippen molar-refractivity contribution in [3.8, 4) is 0 Å². The van der Waals surface area contributed by atoms with Gasteiger partial charge in [-0.2, -0.15) is 12.6 Å². The Kier molecular flexibility index (Phi) is 10.1. The molecule has 0 aromatic carbocycles. The normalized spacial score (nSPS) is 13.5. The summed E-state index contributed by atoms with van der Waals surface area (Å²) in [6.45, 7) is 9.40. The van der Waals surface area contributed by atoms with Gasteiger partial charge >= 0.3 is 0 Å². The Hall–Kier alpha value is 0.310. The monoisotopic (exact) mass is 217 g/mol. The van der Waals surface area contributed by atoms with E-state index in [4.69, 9.17) is 0 Å². The Morgan fingerprint density at radius 1 is 1.07 bits per heavy atom. The quantitative estimate of drug-likeness (QED) is 0.578. The summed E-state index contributed by atoms with van der Waals surface area (Å²) in [6.07, 6.45) is 6.49. The highest BCUT2D eigenvalue weighted by Crippen LogP contribution is 2.08. The minimum atomic E-state index is 0.714. The maximum atomic E-state index is 4.31. The average Bonchev–Trinajstić information content (AvgIpc) is 2.18. The van der Waals surface area contributed by atoms with Crippen LogP contribution in [0.1, 0.15) is 52.9 Å². The highest BCUT2D eigenvalue weighted by Gasteiger charge is 2.11. The molecule has 1 unspecified atom stereocenters. The lowest BCUT2D eigenvalue weighted by Crippen LogP contribution is -2.35. The number of hydrogen-bond donors (Lipinski definition) is 1. The number of thiol groups is 1. The first kappa shape index (κ1) is 14.3. The number of nitrogens with zero attached hydrogens (tertiary/aromatic N) is 1. The van der Waals surface area contributed by atoms with Gasteiger partial charge in [0.05, 0.1) is 0 Å². The molecule has 1 atom stereocenters. The topological polar surface area (TPSA) is 3.24 Å². The maximum Gasteiger partial charge on any atom is 0.00746 e. The van der Waals surface area contributed by atoms with E-state index in [1.54, 1.807) is 0 Å². The van der Waals surface area contributed by atoms with Crippen molar-refractivity contribution in [3.63, 3.8) is 0 Å². The van der Waals surface area contributed by atoms with Crippen LogP contribution in [-0.2, 0) is 0 Å². The fourth-order valence-corrected chi connectivity index (χ4v) is 2.02. The molecule has 86 valence electrons. The summed E-state index contributed by atoms with van der Waals surface area (Å²) in [5, 5.41) is 0. The van der Waals surface area contributed by atoms with Gasteiger partial charge in [-0.25, -0.2) is 0 Å². The number of unbranched alkanes of at least 4 members (excludes halogenated alkanes) is 2. The molecule has 0 aromatic rings. The largest absolute Gasteiger partial charge is 0.301 e. The van der Waals surface area contributed by atoms with E-state index in [1.165, 1.54) is 45.2 Å². The van der Waals surface area contributed by atoms with Gasteiger partial charge in [0.25, 0.3) is 0 Å². The first-order chi connectivity index (χ1) is 6.76. The minimum absolute atomic E-state index is 0.714. The molecule has 0 rings (SSSR count). The second-order valence-corrected chi connectivity index (χ2v) is 4.55. The van der Waals surface area contributed by atoms with E-state index in [9.17, 15) is 0 Å². The first-order valence-electron chi connectivity index (χ1n) is 6.11. The standard InChI is InChI=1S/C12H27NS/c1-4-6-9-13(10-7-5-2)12(3)8-11-14/h12,14H,4-11H2,1-3H3. The molecule has 0 saturated heterocycles. The Bertz CT molecular complexity index is 109. The molecule has 0 heterocycles. The van der Waals surface area contributed by atoms with E-state index in [2.05, 4.69) is 38.3 Å². The molecular formula is C12H27NS. The van der Waals surface area contributed by atoms with E-state index in [0.29, 0.717) is 6.04 Å². The molecule has 0 aromatic heterocycles. The zero-order chi connectivity index (χ0) is 10.8. The van der Waals surface area contributed by atoms with E-state index in [-0.39, 0.29) is 0 Å². The first-order valence-corrected chi connectivity index (χ1v) is 6.74. The summed E-state index contributed by atoms with van der Waals surface area (Å²) < 4.78 is 0. The van der Waals surface area contributed by atoms with Gasteiger partial charge in [-0.05, 0) is 45.0 Å². The zero-order valence-electron chi connectivity index (χ0n) is 10.1. The third-order valence-corrected chi connectivity index (χ3v) is 3.03. The van der Waals surface area contributed by atoms with Gasteiger partial charge in [0.2, 0.25) is 0 Å². The minimum Gasteiger partial charge on any atom is -0.301 e. The Morgan fingerprint density at radius 2 is 1.57 bits per heavy atom.